The van der Waals surface area contributed by atoms with Gasteiger partial charge in [0.25, 0.3) is 10.0 Å². The number of aryl methyl sites for hydroxylation is 2. The lowest BCUT2D eigenvalue weighted by Crippen LogP contribution is -2.15. The van der Waals surface area contributed by atoms with E-state index < -0.39 is 15.8 Å². The van der Waals surface area contributed by atoms with E-state index in [2.05, 4.69) is 4.72 Å². The first-order valence-corrected chi connectivity index (χ1v) is 7.91. The van der Waals surface area contributed by atoms with Crippen LogP contribution in [0.15, 0.2) is 35.2 Å². The Balaban J connectivity index is 2.46. The van der Waals surface area contributed by atoms with E-state index in [-0.39, 0.29) is 21.3 Å². The summed E-state index contributed by atoms with van der Waals surface area (Å²) in [7, 11) is -3.90. The van der Waals surface area contributed by atoms with E-state index in [1.54, 1.807) is 13.0 Å². The van der Waals surface area contributed by atoms with Gasteiger partial charge in [0.05, 0.1) is 16.4 Å². The highest BCUT2D eigenvalue weighted by molar-refractivity contribution is 7.92. The van der Waals surface area contributed by atoms with E-state index in [4.69, 9.17) is 17.3 Å². The molecule has 0 aliphatic rings. The van der Waals surface area contributed by atoms with Crippen molar-refractivity contribution in [3.8, 4) is 0 Å². The van der Waals surface area contributed by atoms with Crippen LogP contribution in [0.2, 0.25) is 5.02 Å². The van der Waals surface area contributed by atoms with Crippen molar-refractivity contribution in [2.45, 2.75) is 18.7 Å². The molecule has 0 spiro atoms. The van der Waals surface area contributed by atoms with Crippen LogP contribution >= 0.6 is 11.6 Å². The molecule has 0 aliphatic heterocycles. The van der Waals surface area contributed by atoms with Gasteiger partial charge < -0.3 is 5.73 Å². The molecule has 7 heteroatoms. The number of nitrogens with one attached hydrogen (secondary N) is 1. The Labute approximate surface area is 127 Å². The second-order valence-electron chi connectivity index (χ2n) is 4.70. The molecule has 0 fully saturated rings. The van der Waals surface area contributed by atoms with Crippen molar-refractivity contribution in [2.24, 2.45) is 0 Å². The summed E-state index contributed by atoms with van der Waals surface area (Å²) < 4.78 is 40.1. The summed E-state index contributed by atoms with van der Waals surface area (Å²) in [5.41, 5.74) is 7.71. The van der Waals surface area contributed by atoms with Crippen LogP contribution in [0.25, 0.3) is 0 Å². The Morgan fingerprint density at radius 1 is 1.14 bits per heavy atom. The normalized spacial score (nSPS) is 11.4. The summed E-state index contributed by atoms with van der Waals surface area (Å²) in [6.45, 7) is 3.63. The first-order chi connectivity index (χ1) is 9.70. The predicted molar refractivity (Wildman–Crippen MR) is 82.5 cm³/mol. The quantitative estimate of drug-likeness (QED) is 0.847. The fraction of sp³-hybridized carbons (Fsp3) is 0.143. The predicted octanol–water partition coefficient (Wildman–Crippen LogP) is 3.48. The lowest BCUT2D eigenvalue weighted by Gasteiger charge is -2.13. The van der Waals surface area contributed by atoms with Gasteiger partial charge >= 0.3 is 0 Å². The third-order valence-electron chi connectivity index (χ3n) is 3.09. The highest BCUT2D eigenvalue weighted by Crippen LogP contribution is 2.28. The van der Waals surface area contributed by atoms with Gasteiger partial charge in [0, 0.05) is 0 Å². The SMILES string of the molecule is Cc1cc(N)c(S(=O)(=O)Nc2ccc(F)cc2Cl)cc1C. The molecule has 2 rings (SSSR count). The van der Waals surface area contributed by atoms with Crippen molar-refractivity contribution in [1.82, 2.24) is 0 Å². The highest BCUT2D eigenvalue weighted by Gasteiger charge is 2.20. The molecule has 0 atom stereocenters. The molecule has 2 aromatic rings. The number of hydrogen-bond acceptors (Lipinski definition) is 3. The van der Waals surface area contributed by atoms with Crippen LogP contribution in [-0.4, -0.2) is 8.42 Å². The maximum Gasteiger partial charge on any atom is 0.264 e. The third kappa shape index (κ3) is 3.28. The molecule has 0 radical (unpaired) electrons. The van der Waals surface area contributed by atoms with Crippen LogP contribution in [0.3, 0.4) is 0 Å². The van der Waals surface area contributed by atoms with Crippen molar-refractivity contribution in [2.75, 3.05) is 10.5 Å². The number of nitrogen functional groups attached to an aromatic ring is 1. The number of benzene rings is 2. The summed E-state index contributed by atoms with van der Waals surface area (Å²) in [5.74, 6) is -0.548. The molecule has 112 valence electrons. The van der Waals surface area contributed by atoms with Crippen LogP contribution < -0.4 is 10.5 Å². The minimum atomic E-state index is -3.90. The zero-order chi connectivity index (χ0) is 15.8. The van der Waals surface area contributed by atoms with E-state index >= 15 is 0 Å². The van der Waals surface area contributed by atoms with Gasteiger partial charge in [0.1, 0.15) is 10.7 Å². The van der Waals surface area contributed by atoms with Gasteiger partial charge in [-0.25, -0.2) is 12.8 Å². The average Bonchev–Trinajstić information content (AvgIpc) is 2.37. The van der Waals surface area contributed by atoms with Crippen molar-refractivity contribution in [1.29, 1.82) is 0 Å². The van der Waals surface area contributed by atoms with E-state index in [0.29, 0.717) is 0 Å². The average molecular weight is 329 g/mol. The lowest BCUT2D eigenvalue weighted by molar-refractivity contribution is 0.601. The van der Waals surface area contributed by atoms with Crippen LogP contribution in [-0.2, 0) is 10.0 Å². The Morgan fingerprint density at radius 2 is 1.76 bits per heavy atom. The maximum atomic E-state index is 13.0. The summed E-state index contributed by atoms with van der Waals surface area (Å²) in [6, 6.07) is 6.49. The van der Waals surface area contributed by atoms with Crippen molar-refractivity contribution in [3.63, 3.8) is 0 Å². The molecular formula is C14H14ClFN2O2S. The largest absolute Gasteiger partial charge is 0.398 e. The number of anilines is 2. The summed E-state index contributed by atoms with van der Waals surface area (Å²) in [4.78, 5) is -0.0361. The van der Waals surface area contributed by atoms with E-state index in [0.717, 1.165) is 23.3 Å². The fourth-order valence-electron chi connectivity index (χ4n) is 1.82. The Kier molecular flexibility index (Phi) is 4.11. The van der Waals surface area contributed by atoms with Crippen LogP contribution in [0.4, 0.5) is 15.8 Å². The molecule has 0 aliphatic carbocycles. The smallest absolute Gasteiger partial charge is 0.264 e. The van der Waals surface area contributed by atoms with E-state index in [9.17, 15) is 12.8 Å². The zero-order valence-corrected chi connectivity index (χ0v) is 13.0. The van der Waals surface area contributed by atoms with Gasteiger partial charge in [0.2, 0.25) is 0 Å². The first-order valence-electron chi connectivity index (χ1n) is 6.05. The molecule has 0 heterocycles. The Bertz CT molecular complexity index is 807. The van der Waals surface area contributed by atoms with Gasteiger partial charge in [-0.15, -0.1) is 0 Å². The third-order valence-corrected chi connectivity index (χ3v) is 4.83. The number of rotatable bonds is 3. The molecule has 0 bridgehead atoms. The first kappa shape index (κ1) is 15.6. The van der Waals surface area contributed by atoms with Gasteiger partial charge in [-0.2, -0.15) is 0 Å². The van der Waals surface area contributed by atoms with Gasteiger partial charge in [0.15, 0.2) is 0 Å². The van der Waals surface area contributed by atoms with Gasteiger partial charge in [-0.1, -0.05) is 11.6 Å². The Hall–Kier alpha value is -1.79. The molecule has 0 unspecified atom stereocenters. The molecule has 0 aromatic heterocycles. The fourth-order valence-corrected chi connectivity index (χ4v) is 3.37. The minimum absolute atomic E-state index is 0.0269. The minimum Gasteiger partial charge on any atom is -0.398 e. The zero-order valence-electron chi connectivity index (χ0n) is 11.4. The van der Waals surface area contributed by atoms with Crippen LogP contribution in [0.5, 0.6) is 0 Å². The van der Waals surface area contributed by atoms with E-state index in [1.165, 1.54) is 12.1 Å². The topological polar surface area (TPSA) is 72.2 Å². The molecule has 0 saturated heterocycles. The van der Waals surface area contributed by atoms with Crippen LogP contribution in [0.1, 0.15) is 11.1 Å². The standard InChI is InChI=1S/C14H14ClFN2O2S/c1-8-5-12(17)14(6-9(8)2)21(19,20)18-13-4-3-10(16)7-11(13)15/h3-7,18H,17H2,1-2H3. The second kappa shape index (κ2) is 5.54. The van der Waals surface area contributed by atoms with Crippen LogP contribution in [0, 0.1) is 19.7 Å². The van der Waals surface area contributed by atoms with Crippen molar-refractivity contribution in [3.05, 3.63) is 52.3 Å². The maximum absolute atomic E-state index is 13.0. The van der Waals surface area contributed by atoms with Gasteiger partial charge in [-0.05, 0) is 55.3 Å². The molecular weight excluding hydrogens is 315 g/mol. The molecule has 21 heavy (non-hydrogen) atoms. The number of hydrogen-bond donors (Lipinski definition) is 2. The molecule has 3 N–H and O–H groups in total. The molecule has 0 saturated carbocycles. The molecule has 2 aromatic carbocycles. The number of sulfonamides is 1. The lowest BCUT2D eigenvalue weighted by atomic mass is 10.1. The Morgan fingerprint density at radius 3 is 2.38 bits per heavy atom. The summed E-state index contributed by atoms with van der Waals surface area (Å²) in [6.07, 6.45) is 0. The van der Waals surface area contributed by atoms with Gasteiger partial charge in [-0.3, -0.25) is 4.72 Å². The summed E-state index contributed by atoms with van der Waals surface area (Å²) in [5, 5.41) is -0.0269. The number of nitrogens with two attached hydrogens (primary N) is 1. The summed E-state index contributed by atoms with van der Waals surface area (Å²) >= 11 is 5.82. The molecule has 4 nitrogen and oxygen atoms in total. The van der Waals surface area contributed by atoms with E-state index in [1.807, 2.05) is 6.92 Å². The van der Waals surface area contributed by atoms with Crippen molar-refractivity contribution >= 4 is 33.0 Å². The monoisotopic (exact) mass is 328 g/mol. The number of halogens is 2. The van der Waals surface area contributed by atoms with Crippen molar-refractivity contribution < 1.29 is 12.8 Å². The highest BCUT2D eigenvalue weighted by atomic mass is 35.5. The molecule has 0 amide bonds. The second-order valence-corrected chi connectivity index (χ2v) is 6.76.